The lowest BCUT2D eigenvalue weighted by atomic mass is 10.2. The van der Waals surface area contributed by atoms with Gasteiger partial charge in [0.15, 0.2) is 0 Å². The maximum atomic E-state index is 11.0. The number of carbonyl (C=O) groups excluding carboxylic acids is 1. The minimum absolute atomic E-state index is 0.139. The first kappa shape index (κ1) is 19.5. The molecule has 0 amide bonds. The van der Waals surface area contributed by atoms with Crippen LogP contribution in [-0.2, 0) is 22.8 Å². The molecule has 7 heteroatoms. The Morgan fingerprint density at radius 1 is 1.15 bits per heavy atom. The highest BCUT2D eigenvalue weighted by Crippen LogP contribution is 2.16. The molecular weight excluding hydrogens is 280 g/mol. The van der Waals surface area contributed by atoms with E-state index in [0.29, 0.717) is 26.1 Å². The molecule has 20 heavy (non-hydrogen) atoms. The molecule has 0 heterocycles. The van der Waals surface area contributed by atoms with Gasteiger partial charge in [-0.2, -0.15) is 0 Å². The van der Waals surface area contributed by atoms with Gasteiger partial charge in [-0.1, -0.05) is 6.92 Å². The molecule has 2 atom stereocenters. The summed E-state index contributed by atoms with van der Waals surface area (Å²) in [5.41, 5.74) is 0. The Bertz CT molecular complexity index is 268. The van der Waals surface area contributed by atoms with E-state index in [9.17, 15) is 9.90 Å². The minimum Gasteiger partial charge on any atom is -0.436 e. The topological polar surface area (TPSA) is 74.2 Å². The Morgan fingerprint density at radius 3 is 2.15 bits per heavy atom. The smallest absolute Gasteiger partial charge is 0.436 e. The molecule has 120 valence electrons. The van der Waals surface area contributed by atoms with Crippen LogP contribution in [0.1, 0.15) is 47.0 Å². The van der Waals surface area contributed by atoms with E-state index in [-0.39, 0.29) is 12.5 Å². The lowest BCUT2D eigenvalue weighted by Gasteiger charge is -2.28. The molecule has 0 aromatic heterocycles. The van der Waals surface area contributed by atoms with Crippen molar-refractivity contribution >= 4 is 14.8 Å². The van der Waals surface area contributed by atoms with E-state index in [1.54, 1.807) is 6.92 Å². The van der Waals surface area contributed by atoms with Gasteiger partial charge in [-0.3, -0.25) is 4.79 Å². The van der Waals surface area contributed by atoms with Crippen LogP contribution in [0.25, 0.3) is 0 Å². The van der Waals surface area contributed by atoms with Crippen molar-refractivity contribution in [3.8, 4) is 0 Å². The van der Waals surface area contributed by atoms with Crippen LogP contribution < -0.4 is 0 Å². The standard InChI is InChI=1S/C13H28O6Si/c1-6-12(14)18-13(15)10-9-11(4)19-20(5,16-7-2)17-8-3/h11,13,15H,6-10H2,1-5H3. The highest BCUT2D eigenvalue weighted by atomic mass is 28.4. The normalized spacial score (nSPS) is 14.9. The van der Waals surface area contributed by atoms with Gasteiger partial charge in [-0.15, -0.1) is 0 Å². The lowest BCUT2D eigenvalue weighted by Crippen LogP contribution is -2.45. The zero-order valence-corrected chi connectivity index (χ0v) is 14.2. The summed E-state index contributed by atoms with van der Waals surface area (Å²) in [7, 11) is -2.61. The molecule has 0 fully saturated rings. The lowest BCUT2D eigenvalue weighted by molar-refractivity contribution is -0.169. The zero-order chi connectivity index (χ0) is 15.6. The van der Waals surface area contributed by atoms with E-state index >= 15 is 0 Å². The van der Waals surface area contributed by atoms with E-state index < -0.39 is 21.1 Å². The largest absolute Gasteiger partial charge is 0.497 e. The van der Waals surface area contributed by atoms with Crippen LogP contribution in [0.3, 0.4) is 0 Å². The molecule has 0 bridgehead atoms. The third-order valence-corrected chi connectivity index (χ3v) is 5.06. The van der Waals surface area contributed by atoms with Crippen LogP contribution >= 0.6 is 0 Å². The summed E-state index contributed by atoms with van der Waals surface area (Å²) in [5.74, 6) is -0.408. The molecule has 0 aliphatic rings. The van der Waals surface area contributed by atoms with Crippen LogP contribution in [0, 0.1) is 0 Å². The molecule has 0 aliphatic heterocycles. The minimum atomic E-state index is -2.61. The molecule has 0 aromatic carbocycles. The number of hydrogen-bond donors (Lipinski definition) is 1. The average molecular weight is 308 g/mol. The fraction of sp³-hybridized carbons (Fsp3) is 0.923. The summed E-state index contributed by atoms with van der Waals surface area (Å²) in [6.45, 7) is 10.3. The number of rotatable bonds is 11. The van der Waals surface area contributed by atoms with Gasteiger partial charge in [0.05, 0.1) is 0 Å². The fourth-order valence-corrected chi connectivity index (χ4v) is 3.85. The predicted octanol–water partition coefficient (Wildman–Crippen LogP) is 2.08. The summed E-state index contributed by atoms with van der Waals surface area (Å²) in [6.07, 6.45) is -0.0837. The van der Waals surface area contributed by atoms with E-state index in [1.807, 2.05) is 27.3 Å². The molecule has 0 saturated heterocycles. The van der Waals surface area contributed by atoms with E-state index in [4.69, 9.17) is 18.0 Å². The third kappa shape index (κ3) is 8.65. The van der Waals surface area contributed by atoms with Gasteiger partial charge in [-0.05, 0) is 27.2 Å². The van der Waals surface area contributed by atoms with Gasteiger partial charge < -0.3 is 23.1 Å². The van der Waals surface area contributed by atoms with Gasteiger partial charge in [-0.25, -0.2) is 0 Å². The number of esters is 1. The van der Waals surface area contributed by atoms with Gasteiger partial charge in [0.2, 0.25) is 6.29 Å². The second kappa shape index (κ2) is 10.3. The van der Waals surface area contributed by atoms with E-state index in [2.05, 4.69) is 0 Å². The molecule has 0 aromatic rings. The summed E-state index contributed by atoms with van der Waals surface area (Å²) in [6, 6.07) is 0. The summed E-state index contributed by atoms with van der Waals surface area (Å²) < 4.78 is 21.8. The molecular formula is C13H28O6Si. The maximum absolute atomic E-state index is 11.0. The second-order valence-electron chi connectivity index (χ2n) is 4.53. The van der Waals surface area contributed by atoms with Crippen molar-refractivity contribution in [2.75, 3.05) is 13.2 Å². The number of hydrogen-bond acceptors (Lipinski definition) is 6. The van der Waals surface area contributed by atoms with Crippen molar-refractivity contribution in [1.82, 2.24) is 0 Å². The van der Waals surface area contributed by atoms with Crippen molar-refractivity contribution in [3.05, 3.63) is 0 Å². The van der Waals surface area contributed by atoms with Gasteiger partial charge in [0.1, 0.15) is 0 Å². The van der Waals surface area contributed by atoms with Crippen molar-refractivity contribution < 1.29 is 27.9 Å². The molecule has 6 nitrogen and oxygen atoms in total. The van der Waals surface area contributed by atoms with Crippen molar-refractivity contribution in [2.45, 2.75) is 65.9 Å². The van der Waals surface area contributed by atoms with Crippen LogP contribution in [0.2, 0.25) is 6.55 Å². The molecule has 0 saturated carbocycles. The first-order chi connectivity index (χ1) is 9.36. The number of aliphatic hydroxyl groups excluding tert-OH is 1. The fourth-order valence-electron chi connectivity index (χ4n) is 1.73. The molecule has 0 rings (SSSR count). The number of carbonyl (C=O) groups is 1. The Balaban J connectivity index is 4.12. The first-order valence-electron chi connectivity index (χ1n) is 7.20. The molecule has 1 N–H and O–H groups in total. The Morgan fingerprint density at radius 2 is 1.70 bits per heavy atom. The first-order valence-corrected chi connectivity index (χ1v) is 9.42. The highest BCUT2D eigenvalue weighted by Gasteiger charge is 2.36. The maximum Gasteiger partial charge on any atom is 0.497 e. The van der Waals surface area contributed by atoms with Gasteiger partial charge in [0, 0.05) is 38.7 Å². The average Bonchev–Trinajstić information content (AvgIpc) is 2.36. The van der Waals surface area contributed by atoms with E-state index in [0.717, 1.165) is 0 Å². The van der Waals surface area contributed by atoms with Crippen LogP contribution in [0.15, 0.2) is 0 Å². The third-order valence-electron chi connectivity index (χ3n) is 2.60. The summed E-state index contributed by atoms with van der Waals surface area (Å²) >= 11 is 0. The van der Waals surface area contributed by atoms with Gasteiger partial charge >= 0.3 is 14.8 Å². The predicted molar refractivity (Wildman–Crippen MR) is 77.0 cm³/mol. The van der Waals surface area contributed by atoms with Crippen molar-refractivity contribution in [2.24, 2.45) is 0 Å². The van der Waals surface area contributed by atoms with Gasteiger partial charge in [0.25, 0.3) is 0 Å². The molecule has 0 spiro atoms. The van der Waals surface area contributed by atoms with E-state index in [1.165, 1.54) is 0 Å². The SMILES string of the molecule is CCO[Si](C)(OCC)OC(C)CCC(O)OC(=O)CC. The zero-order valence-electron chi connectivity index (χ0n) is 13.2. The Kier molecular flexibility index (Phi) is 10.0. The number of aliphatic hydroxyl groups is 1. The van der Waals surface area contributed by atoms with Crippen LogP contribution in [0.4, 0.5) is 0 Å². The molecule has 0 radical (unpaired) electrons. The molecule has 0 aliphatic carbocycles. The summed E-state index contributed by atoms with van der Waals surface area (Å²) in [5, 5.41) is 9.55. The number of ether oxygens (including phenoxy) is 1. The Hall–Kier alpha value is -0.473. The van der Waals surface area contributed by atoms with Crippen molar-refractivity contribution in [1.29, 1.82) is 0 Å². The van der Waals surface area contributed by atoms with Crippen LogP contribution in [-0.4, -0.2) is 45.5 Å². The second-order valence-corrected chi connectivity index (χ2v) is 7.07. The van der Waals surface area contributed by atoms with Crippen molar-refractivity contribution in [3.63, 3.8) is 0 Å². The highest BCUT2D eigenvalue weighted by molar-refractivity contribution is 6.59. The summed E-state index contributed by atoms with van der Waals surface area (Å²) in [4.78, 5) is 11.0. The van der Waals surface area contributed by atoms with Crippen LogP contribution in [0.5, 0.6) is 0 Å². The Labute approximate surface area is 122 Å². The molecule has 2 unspecified atom stereocenters. The monoisotopic (exact) mass is 308 g/mol. The quantitative estimate of drug-likeness (QED) is 0.358.